The van der Waals surface area contributed by atoms with Crippen LogP contribution < -0.4 is 5.32 Å². The molecule has 0 aliphatic rings. The van der Waals surface area contributed by atoms with E-state index in [1.54, 1.807) is 31.0 Å². The highest BCUT2D eigenvalue weighted by atomic mass is 35.5. The van der Waals surface area contributed by atoms with Gasteiger partial charge in [-0.25, -0.2) is 0 Å². The summed E-state index contributed by atoms with van der Waals surface area (Å²) in [5.74, 6) is 0.652. The lowest BCUT2D eigenvalue weighted by atomic mass is 10.4. The van der Waals surface area contributed by atoms with E-state index >= 15 is 0 Å². The van der Waals surface area contributed by atoms with Crippen molar-refractivity contribution in [1.82, 2.24) is 20.0 Å². The van der Waals surface area contributed by atoms with Gasteiger partial charge in [0.2, 0.25) is 5.89 Å². The Balaban J connectivity index is 1.90. The van der Waals surface area contributed by atoms with Gasteiger partial charge in [-0.2, -0.15) is 4.98 Å². The van der Waals surface area contributed by atoms with Gasteiger partial charge in [0.05, 0.1) is 18.2 Å². The average Bonchev–Trinajstić information content (AvgIpc) is 3.00. The molecule has 1 N–H and O–H groups in total. The van der Waals surface area contributed by atoms with Crippen LogP contribution in [0.4, 0.5) is 0 Å². The predicted octanol–water partition coefficient (Wildman–Crippen LogP) is 1.18. The van der Waals surface area contributed by atoms with Gasteiger partial charge in [-0.3, -0.25) is 4.79 Å². The maximum atomic E-state index is 11.9. The van der Waals surface area contributed by atoms with Crippen molar-refractivity contribution in [2.75, 3.05) is 13.7 Å². The topological polar surface area (TPSA) is 82.2 Å². The lowest BCUT2D eigenvalue weighted by Crippen LogP contribution is -2.24. The summed E-state index contributed by atoms with van der Waals surface area (Å²) in [5.41, 5.74) is 0.467. The molecule has 1 amide bonds. The summed E-state index contributed by atoms with van der Waals surface area (Å²) in [7, 11) is 3.35. The van der Waals surface area contributed by atoms with Gasteiger partial charge in [0.15, 0.2) is 5.82 Å². The van der Waals surface area contributed by atoms with Crippen molar-refractivity contribution < 1.29 is 14.1 Å². The first kappa shape index (κ1) is 14.5. The molecule has 0 aliphatic carbocycles. The fourth-order valence-corrected chi connectivity index (χ4v) is 1.90. The van der Waals surface area contributed by atoms with Crippen molar-refractivity contribution in [3.05, 3.63) is 34.7 Å². The van der Waals surface area contributed by atoms with Crippen molar-refractivity contribution >= 4 is 17.5 Å². The second-order valence-electron chi connectivity index (χ2n) is 4.18. The van der Waals surface area contributed by atoms with Crippen LogP contribution in [-0.2, 0) is 24.8 Å². The van der Waals surface area contributed by atoms with E-state index in [1.165, 1.54) is 0 Å². The largest absolute Gasteiger partial charge is 0.384 e. The molecule has 0 spiro atoms. The standard InChI is InChI=1S/C12H15ClN4O3/c1-17-7-8(13)5-9(17)12(18)14-6-11-15-10(16-20-11)3-4-19-2/h5,7H,3-4,6H2,1-2H3,(H,14,18). The monoisotopic (exact) mass is 298 g/mol. The van der Waals surface area contributed by atoms with Crippen molar-refractivity contribution in [2.45, 2.75) is 13.0 Å². The number of hydrogen-bond acceptors (Lipinski definition) is 5. The first-order valence-corrected chi connectivity index (χ1v) is 6.38. The lowest BCUT2D eigenvalue weighted by molar-refractivity contribution is 0.0938. The van der Waals surface area contributed by atoms with Crippen LogP contribution in [0.1, 0.15) is 22.2 Å². The summed E-state index contributed by atoms with van der Waals surface area (Å²) in [6, 6.07) is 1.59. The van der Waals surface area contributed by atoms with Crippen LogP contribution in [0.2, 0.25) is 5.02 Å². The van der Waals surface area contributed by atoms with Crippen molar-refractivity contribution in [3.63, 3.8) is 0 Å². The molecule has 0 atom stereocenters. The quantitative estimate of drug-likeness (QED) is 0.866. The van der Waals surface area contributed by atoms with Gasteiger partial charge in [-0.15, -0.1) is 0 Å². The Kier molecular flexibility index (Phi) is 4.75. The first-order valence-electron chi connectivity index (χ1n) is 6.00. The van der Waals surface area contributed by atoms with Gasteiger partial charge in [0.1, 0.15) is 5.69 Å². The molecule has 0 unspecified atom stereocenters. The van der Waals surface area contributed by atoms with E-state index in [4.69, 9.17) is 20.9 Å². The van der Waals surface area contributed by atoms with E-state index in [-0.39, 0.29) is 12.5 Å². The molecular weight excluding hydrogens is 284 g/mol. The maximum Gasteiger partial charge on any atom is 0.268 e. The molecule has 2 heterocycles. The van der Waals surface area contributed by atoms with Gasteiger partial charge in [-0.1, -0.05) is 16.8 Å². The third-order valence-electron chi connectivity index (χ3n) is 2.64. The van der Waals surface area contributed by atoms with E-state index in [2.05, 4.69) is 15.5 Å². The molecule has 2 aromatic rings. The summed E-state index contributed by atoms with van der Waals surface area (Å²) in [6.07, 6.45) is 2.23. The Labute approximate surface area is 120 Å². The Morgan fingerprint density at radius 3 is 3.05 bits per heavy atom. The molecule has 7 nitrogen and oxygen atoms in total. The Morgan fingerprint density at radius 2 is 2.40 bits per heavy atom. The second-order valence-corrected chi connectivity index (χ2v) is 4.62. The minimum atomic E-state index is -0.254. The molecule has 108 valence electrons. The van der Waals surface area contributed by atoms with Crippen LogP contribution in [-0.4, -0.2) is 34.3 Å². The zero-order valence-corrected chi connectivity index (χ0v) is 12.0. The Morgan fingerprint density at radius 1 is 1.60 bits per heavy atom. The van der Waals surface area contributed by atoms with Crippen LogP contribution in [0.3, 0.4) is 0 Å². The number of nitrogens with one attached hydrogen (secondary N) is 1. The number of aryl methyl sites for hydroxylation is 1. The molecule has 2 aromatic heterocycles. The Hall–Kier alpha value is -1.86. The molecule has 8 heteroatoms. The lowest BCUT2D eigenvalue weighted by Gasteiger charge is -2.02. The highest BCUT2D eigenvalue weighted by molar-refractivity contribution is 6.31. The number of ether oxygens (including phenoxy) is 1. The Bertz CT molecular complexity index is 593. The van der Waals surface area contributed by atoms with E-state index in [9.17, 15) is 4.79 Å². The number of hydrogen-bond donors (Lipinski definition) is 1. The highest BCUT2D eigenvalue weighted by Crippen LogP contribution is 2.12. The number of aromatic nitrogens is 3. The van der Waals surface area contributed by atoms with Crippen LogP contribution in [0.5, 0.6) is 0 Å². The number of rotatable bonds is 6. The molecule has 0 fully saturated rings. The number of nitrogens with zero attached hydrogens (tertiary/aromatic N) is 3. The molecule has 20 heavy (non-hydrogen) atoms. The van der Waals surface area contributed by atoms with E-state index in [0.29, 0.717) is 35.5 Å². The van der Waals surface area contributed by atoms with E-state index in [1.807, 2.05) is 0 Å². The first-order chi connectivity index (χ1) is 9.60. The summed E-state index contributed by atoms with van der Waals surface area (Å²) < 4.78 is 11.6. The fourth-order valence-electron chi connectivity index (χ4n) is 1.65. The van der Waals surface area contributed by atoms with Crippen molar-refractivity contribution in [2.24, 2.45) is 7.05 Å². The number of carbonyl (C=O) groups excluding carboxylic acids is 1. The number of carbonyl (C=O) groups is 1. The third-order valence-corrected chi connectivity index (χ3v) is 2.85. The molecule has 0 bridgehead atoms. The minimum absolute atomic E-state index is 0.168. The summed E-state index contributed by atoms with van der Waals surface area (Å²) in [5, 5.41) is 6.99. The summed E-state index contributed by atoms with van der Waals surface area (Å²) in [6.45, 7) is 0.689. The molecular formula is C12H15ClN4O3. The maximum absolute atomic E-state index is 11.9. The van der Waals surface area contributed by atoms with Crippen molar-refractivity contribution in [3.8, 4) is 0 Å². The second kappa shape index (κ2) is 6.53. The zero-order valence-electron chi connectivity index (χ0n) is 11.2. The number of amides is 1. The molecule has 0 saturated heterocycles. The fraction of sp³-hybridized carbons (Fsp3) is 0.417. The van der Waals surface area contributed by atoms with Gasteiger partial charge in [-0.05, 0) is 6.07 Å². The zero-order chi connectivity index (χ0) is 14.5. The average molecular weight is 299 g/mol. The number of halogens is 1. The minimum Gasteiger partial charge on any atom is -0.384 e. The SMILES string of the molecule is COCCc1noc(CNC(=O)c2cc(Cl)cn2C)n1. The molecule has 0 saturated carbocycles. The van der Waals surface area contributed by atoms with Crippen LogP contribution in [0, 0.1) is 0 Å². The molecule has 0 aromatic carbocycles. The van der Waals surface area contributed by atoms with E-state index < -0.39 is 0 Å². The molecule has 0 radical (unpaired) electrons. The predicted molar refractivity (Wildman–Crippen MR) is 71.5 cm³/mol. The van der Waals surface area contributed by atoms with Crippen LogP contribution in [0.15, 0.2) is 16.8 Å². The van der Waals surface area contributed by atoms with Gasteiger partial charge in [0, 0.05) is 26.8 Å². The normalized spacial score (nSPS) is 10.8. The highest BCUT2D eigenvalue weighted by Gasteiger charge is 2.13. The third kappa shape index (κ3) is 3.58. The molecule has 2 rings (SSSR count). The van der Waals surface area contributed by atoms with E-state index in [0.717, 1.165) is 0 Å². The van der Waals surface area contributed by atoms with Gasteiger partial charge < -0.3 is 19.1 Å². The van der Waals surface area contributed by atoms with Crippen LogP contribution in [0.25, 0.3) is 0 Å². The van der Waals surface area contributed by atoms with Gasteiger partial charge >= 0.3 is 0 Å². The van der Waals surface area contributed by atoms with Crippen molar-refractivity contribution in [1.29, 1.82) is 0 Å². The van der Waals surface area contributed by atoms with Crippen LogP contribution >= 0.6 is 11.6 Å². The summed E-state index contributed by atoms with van der Waals surface area (Å²) >= 11 is 5.83. The number of methoxy groups -OCH3 is 1. The van der Waals surface area contributed by atoms with Gasteiger partial charge in [0.25, 0.3) is 5.91 Å². The molecule has 0 aliphatic heterocycles. The smallest absolute Gasteiger partial charge is 0.268 e. The summed E-state index contributed by atoms with van der Waals surface area (Å²) in [4.78, 5) is 16.1.